The van der Waals surface area contributed by atoms with Crippen LogP contribution >= 0.6 is 11.8 Å². The van der Waals surface area contributed by atoms with Crippen molar-refractivity contribution in [2.45, 2.75) is 36.8 Å². The van der Waals surface area contributed by atoms with Crippen molar-refractivity contribution in [3.05, 3.63) is 52.8 Å². The van der Waals surface area contributed by atoms with E-state index in [0.29, 0.717) is 37.9 Å². The van der Waals surface area contributed by atoms with Gasteiger partial charge in [0.1, 0.15) is 5.82 Å². The quantitative estimate of drug-likeness (QED) is 0.692. The summed E-state index contributed by atoms with van der Waals surface area (Å²) in [7, 11) is 0. The van der Waals surface area contributed by atoms with E-state index in [1.165, 1.54) is 28.9 Å². The molecule has 2 aromatic rings. The molecule has 2 fully saturated rings. The van der Waals surface area contributed by atoms with Crippen LogP contribution in [-0.2, 0) is 21.0 Å². The summed E-state index contributed by atoms with van der Waals surface area (Å²) < 4.78 is 26.1. The van der Waals surface area contributed by atoms with Crippen molar-refractivity contribution in [1.29, 1.82) is 0 Å². The molecule has 33 heavy (non-hydrogen) atoms. The molecular weight excluding hydrogens is 443 g/mol. The molecule has 2 saturated heterocycles. The van der Waals surface area contributed by atoms with Crippen molar-refractivity contribution in [3.8, 4) is 11.1 Å². The lowest BCUT2D eigenvalue weighted by Gasteiger charge is -2.37. The molecule has 1 amide bonds. The fourth-order valence-corrected chi connectivity index (χ4v) is 6.92. The highest BCUT2D eigenvalue weighted by Gasteiger charge is 2.45. The topological polar surface area (TPSA) is 62.2 Å². The van der Waals surface area contributed by atoms with Crippen LogP contribution in [0.2, 0.25) is 0 Å². The molecule has 4 heterocycles. The van der Waals surface area contributed by atoms with Gasteiger partial charge in [0.05, 0.1) is 13.2 Å². The van der Waals surface area contributed by atoms with Gasteiger partial charge in [0.15, 0.2) is 5.79 Å². The van der Waals surface area contributed by atoms with Crippen LogP contribution in [0.15, 0.2) is 30.3 Å². The third-order valence-corrected chi connectivity index (χ3v) is 8.49. The molecule has 0 unspecified atom stereocenters. The first-order chi connectivity index (χ1) is 15.9. The maximum atomic E-state index is 14.3. The number of rotatable bonds is 2. The highest BCUT2D eigenvalue weighted by molar-refractivity contribution is 7.98. The van der Waals surface area contributed by atoms with Gasteiger partial charge in [-0.1, -0.05) is 6.07 Å². The van der Waals surface area contributed by atoms with Gasteiger partial charge >= 0.3 is 6.09 Å². The number of fused-ring (bicyclic) bond motifs is 3. The molecule has 6 nitrogen and oxygen atoms in total. The minimum Gasteiger partial charge on any atom is -0.465 e. The highest BCUT2D eigenvalue weighted by atomic mass is 32.2. The van der Waals surface area contributed by atoms with E-state index in [9.17, 15) is 14.3 Å². The molecule has 1 N–H and O–H groups in total. The predicted octanol–water partition coefficient (Wildman–Crippen LogP) is 4.61. The Labute approximate surface area is 196 Å². The summed E-state index contributed by atoms with van der Waals surface area (Å²) in [6, 6.07) is 9.57. The molecular formula is C25H27FN2O4S. The zero-order chi connectivity index (χ0) is 22.7. The fourth-order valence-electron chi connectivity index (χ4n) is 6.01. The maximum Gasteiger partial charge on any atom is 0.407 e. The largest absolute Gasteiger partial charge is 0.465 e. The number of piperidine rings is 1. The second kappa shape index (κ2) is 7.89. The smallest absolute Gasteiger partial charge is 0.407 e. The Morgan fingerprint density at radius 2 is 2.03 bits per heavy atom. The van der Waals surface area contributed by atoms with Crippen LogP contribution in [0.4, 0.5) is 14.9 Å². The van der Waals surface area contributed by atoms with Gasteiger partial charge in [-0.25, -0.2) is 9.18 Å². The van der Waals surface area contributed by atoms with E-state index in [1.807, 2.05) is 24.8 Å². The molecule has 174 valence electrons. The van der Waals surface area contributed by atoms with Gasteiger partial charge < -0.3 is 24.4 Å². The zero-order valence-corrected chi connectivity index (χ0v) is 19.4. The number of benzene rings is 2. The first-order valence-electron chi connectivity index (χ1n) is 11.5. The van der Waals surface area contributed by atoms with Gasteiger partial charge in [0.25, 0.3) is 0 Å². The van der Waals surface area contributed by atoms with Crippen LogP contribution in [0.5, 0.6) is 0 Å². The summed E-state index contributed by atoms with van der Waals surface area (Å²) in [6.45, 7) is 4.87. The first kappa shape index (κ1) is 21.3. The first-order valence-corrected chi connectivity index (χ1v) is 12.7. The Bertz CT molecular complexity index is 1120. The van der Waals surface area contributed by atoms with Crippen molar-refractivity contribution < 1.29 is 23.8 Å². The average Bonchev–Trinajstić information content (AvgIpc) is 3.31. The van der Waals surface area contributed by atoms with Gasteiger partial charge in [-0.05, 0) is 59.9 Å². The van der Waals surface area contributed by atoms with Crippen molar-refractivity contribution in [3.63, 3.8) is 0 Å². The second-order valence-electron chi connectivity index (χ2n) is 9.34. The van der Waals surface area contributed by atoms with Gasteiger partial charge in [-0.15, -0.1) is 0 Å². The average molecular weight is 471 g/mol. The molecule has 0 radical (unpaired) electrons. The van der Waals surface area contributed by atoms with Crippen molar-refractivity contribution >= 4 is 23.5 Å². The zero-order valence-electron chi connectivity index (χ0n) is 18.6. The number of carboxylic acid groups (broad SMARTS) is 1. The molecule has 8 heteroatoms. The van der Waals surface area contributed by atoms with Gasteiger partial charge in [0.2, 0.25) is 0 Å². The predicted molar refractivity (Wildman–Crippen MR) is 125 cm³/mol. The van der Waals surface area contributed by atoms with Gasteiger partial charge in [0, 0.05) is 54.4 Å². The summed E-state index contributed by atoms with van der Waals surface area (Å²) in [5.41, 5.74) is 6.37. The van der Waals surface area contributed by atoms with E-state index in [2.05, 4.69) is 17.0 Å². The van der Waals surface area contributed by atoms with Crippen LogP contribution in [-0.4, -0.2) is 60.7 Å². The Morgan fingerprint density at radius 1 is 1.21 bits per heavy atom. The lowest BCUT2D eigenvalue weighted by atomic mass is 9.86. The fraction of sp³-hybridized carbons (Fsp3) is 0.480. The van der Waals surface area contributed by atoms with E-state index >= 15 is 0 Å². The highest BCUT2D eigenvalue weighted by Crippen LogP contribution is 2.50. The second-order valence-corrected chi connectivity index (χ2v) is 10.4. The van der Waals surface area contributed by atoms with Gasteiger partial charge in [-0.3, -0.25) is 0 Å². The lowest BCUT2D eigenvalue weighted by Crippen LogP contribution is -2.48. The Morgan fingerprint density at radius 3 is 2.82 bits per heavy atom. The Hall–Kier alpha value is -2.29. The van der Waals surface area contributed by atoms with E-state index in [1.54, 1.807) is 4.90 Å². The van der Waals surface area contributed by atoms with Crippen molar-refractivity contribution in [1.82, 2.24) is 4.90 Å². The summed E-state index contributed by atoms with van der Waals surface area (Å²) in [5.74, 6) is 0.801. The van der Waals surface area contributed by atoms with E-state index in [-0.39, 0.29) is 11.7 Å². The van der Waals surface area contributed by atoms with E-state index in [0.717, 1.165) is 35.6 Å². The summed E-state index contributed by atoms with van der Waals surface area (Å²) in [4.78, 5) is 15.8. The number of hydrogen-bond donors (Lipinski definition) is 1. The number of anilines is 1. The van der Waals surface area contributed by atoms with Crippen LogP contribution in [0.25, 0.3) is 11.1 Å². The van der Waals surface area contributed by atoms with Crippen molar-refractivity contribution in [2.75, 3.05) is 43.5 Å². The summed E-state index contributed by atoms with van der Waals surface area (Å²) in [6.07, 6.45) is -0.0103. The Balaban J connectivity index is 1.50. The number of likely N-dealkylation sites (tertiary alicyclic amines) is 1. The number of hydrogen-bond acceptors (Lipinski definition) is 5. The third kappa shape index (κ3) is 3.42. The maximum absolute atomic E-state index is 14.3. The monoisotopic (exact) mass is 470 g/mol. The molecule has 4 aliphatic heterocycles. The summed E-state index contributed by atoms with van der Waals surface area (Å²) in [5, 5.41) is 9.63. The van der Waals surface area contributed by atoms with Crippen LogP contribution in [0.3, 0.4) is 0 Å². The van der Waals surface area contributed by atoms with Crippen molar-refractivity contribution in [2.24, 2.45) is 0 Å². The molecule has 4 aliphatic rings. The summed E-state index contributed by atoms with van der Waals surface area (Å²) >= 11 is 1.93. The number of halogens is 1. The molecule has 6 rings (SSSR count). The van der Waals surface area contributed by atoms with Gasteiger partial charge in [-0.2, -0.15) is 11.8 Å². The van der Waals surface area contributed by atoms with Crippen LogP contribution in [0.1, 0.15) is 36.0 Å². The molecule has 0 spiro atoms. The van der Waals surface area contributed by atoms with Crippen LogP contribution < -0.4 is 4.90 Å². The van der Waals surface area contributed by atoms with Crippen LogP contribution in [0, 0.1) is 5.82 Å². The Kier molecular flexibility index (Phi) is 5.08. The third-order valence-electron chi connectivity index (χ3n) is 7.51. The number of ether oxygens (including phenoxy) is 2. The van der Waals surface area contributed by atoms with E-state index in [4.69, 9.17) is 9.47 Å². The molecule has 0 aromatic heterocycles. The number of amides is 1. The number of carbonyl (C=O) groups is 1. The lowest BCUT2D eigenvalue weighted by molar-refractivity contribution is -0.149. The minimum absolute atomic E-state index is 0.144. The standard InChI is InChI=1S/C25H27FN2O4S/c1-25(31-7-8-32-25)21-12-17(26)2-3-18(21)15-10-16-14-33-9-6-28-22-4-5-27(24(29)30)13-20(22)19(11-15)23(16)28/h2-3,10-12,20,22H,4-9,13-14H2,1H3,(H,29,30)/t20-,22-/m0/s1. The minimum atomic E-state index is -0.987. The molecule has 2 aromatic carbocycles. The molecule has 0 saturated carbocycles. The normalized spacial score (nSPS) is 25.5. The number of thioether (sulfide) groups is 1. The number of nitrogens with zero attached hydrogens (tertiary/aromatic N) is 2. The molecule has 2 atom stereocenters. The SMILES string of the molecule is CC1(c2cc(F)ccc2-c2cc3c4c(c2)[C@@H]2CN(C(=O)O)CC[C@@H]2N4CCSC3)OCCO1. The van der Waals surface area contributed by atoms with E-state index < -0.39 is 11.9 Å². The molecule has 0 aliphatic carbocycles. The molecule has 0 bridgehead atoms.